The zero-order valence-electron chi connectivity index (χ0n) is 8.22. The molecule has 0 spiro atoms. The summed E-state index contributed by atoms with van der Waals surface area (Å²) in [6.45, 7) is 6.09. The van der Waals surface area contributed by atoms with E-state index in [1.54, 1.807) is 11.9 Å². The highest BCUT2D eigenvalue weighted by Crippen LogP contribution is 2.13. The van der Waals surface area contributed by atoms with E-state index in [4.69, 9.17) is 0 Å². The lowest BCUT2D eigenvalue weighted by atomic mass is 10.2. The molecule has 0 aliphatic rings. The van der Waals surface area contributed by atoms with Gasteiger partial charge in [0.15, 0.2) is 0 Å². The van der Waals surface area contributed by atoms with E-state index in [-0.39, 0.29) is 0 Å². The summed E-state index contributed by atoms with van der Waals surface area (Å²) in [6.07, 6.45) is 0. The maximum absolute atomic E-state index is 3.02. The quantitative estimate of drug-likeness (QED) is 0.706. The largest absolute Gasteiger partial charge is 0.263 e. The maximum atomic E-state index is 3.02. The molecule has 0 unspecified atom stereocenters. The number of nitrogens with one attached hydrogen (secondary N) is 1. The summed E-state index contributed by atoms with van der Waals surface area (Å²) in [7, 11) is 1.92. The van der Waals surface area contributed by atoms with Crippen molar-refractivity contribution < 1.29 is 0 Å². The summed E-state index contributed by atoms with van der Waals surface area (Å²) in [5.41, 5.74) is 1.31. The lowest BCUT2D eigenvalue weighted by Crippen LogP contribution is -1.89. The zero-order valence-corrected chi connectivity index (χ0v) is 9.03. The summed E-state index contributed by atoms with van der Waals surface area (Å²) in [4.78, 5) is 1.26. The van der Waals surface area contributed by atoms with Crippen LogP contribution in [0.15, 0.2) is 29.2 Å². The molecule has 1 aromatic rings. The molecule has 68 valence electrons. The van der Waals surface area contributed by atoms with Gasteiger partial charge in [0, 0.05) is 4.90 Å². The van der Waals surface area contributed by atoms with Gasteiger partial charge in [-0.3, -0.25) is 4.72 Å². The molecule has 2 heteroatoms. The number of hydrogen-bond acceptors (Lipinski definition) is 2. The zero-order chi connectivity index (χ0) is 9.40. The van der Waals surface area contributed by atoms with Gasteiger partial charge in [-0.05, 0) is 38.1 Å². The van der Waals surface area contributed by atoms with E-state index in [1.165, 1.54) is 10.5 Å². The van der Waals surface area contributed by atoms with Gasteiger partial charge in [-0.15, -0.1) is 0 Å². The van der Waals surface area contributed by atoms with Crippen molar-refractivity contribution in [2.75, 3.05) is 7.05 Å². The average molecular weight is 183 g/mol. The Morgan fingerprint density at radius 2 is 1.58 bits per heavy atom. The molecule has 1 N–H and O–H groups in total. The second-order valence-electron chi connectivity index (χ2n) is 2.12. The molecule has 0 aliphatic carbocycles. The van der Waals surface area contributed by atoms with Crippen LogP contribution in [0.4, 0.5) is 0 Å². The van der Waals surface area contributed by atoms with Crippen molar-refractivity contribution in [1.82, 2.24) is 4.72 Å². The van der Waals surface area contributed by atoms with Crippen LogP contribution in [0.5, 0.6) is 0 Å². The van der Waals surface area contributed by atoms with Crippen molar-refractivity contribution in [3.8, 4) is 0 Å². The lowest BCUT2D eigenvalue weighted by molar-refractivity contribution is 1.27. The SMILES string of the molecule is CC.CNSc1ccc(C)cc1. The molecule has 0 amide bonds. The molecule has 1 nitrogen and oxygen atoms in total. The first-order valence-electron chi connectivity index (χ1n) is 4.23. The molecule has 0 saturated heterocycles. The topological polar surface area (TPSA) is 12.0 Å². The monoisotopic (exact) mass is 183 g/mol. The van der Waals surface area contributed by atoms with Gasteiger partial charge in [0.1, 0.15) is 0 Å². The highest BCUT2D eigenvalue weighted by molar-refractivity contribution is 7.97. The van der Waals surface area contributed by atoms with E-state index in [0.717, 1.165) is 0 Å². The molecule has 0 aliphatic heterocycles. The molecular weight excluding hydrogens is 166 g/mol. The number of aryl methyl sites for hydroxylation is 1. The van der Waals surface area contributed by atoms with Crippen molar-refractivity contribution in [3.63, 3.8) is 0 Å². The van der Waals surface area contributed by atoms with Gasteiger partial charge < -0.3 is 0 Å². The molecule has 0 radical (unpaired) electrons. The van der Waals surface area contributed by atoms with Crippen molar-refractivity contribution in [2.45, 2.75) is 25.7 Å². The smallest absolute Gasteiger partial charge is 0.0228 e. The van der Waals surface area contributed by atoms with Crippen LogP contribution in [0.1, 0.15) is 19.4 Å². The minimum absolute atomic E-state index is 1.26. The number of benzene rings is 1. The average Bonchev–Trinajstić information content (AvgIpc) is 2.13. The Labute approximate surface area is 79.7 Å². The summed E-state index contributed by atoms with van der Waals surface area (Å²) in [5, 5.41) is 0. The van der Waals surface area contributed by atoms with E-state index in [2.05, 4.69) is 35.9 Å². The Morgan fingerprint density at radius 3 is 2.00 bits per heavy atom. The molecule has 0 fully saturated rings. The standard InChI is InChI=1S/C8H11NS.C2H6/c1-7-3-5-8(6-4-7)10-9-2;1-2/h3-6,9H,1-2H3;1-2H3. The third-order valence-corrected chi connectivity index (χ3v) is 1.95. The molecule has 12 heavy (non-hydrogen) atoms. The molecule has 0 bridgehead atoms. The second-order valence-corrected chi connectivity index (χ2v) is 3.20. The fraction of sp³-hybridized carbons (Fsp3) is 0.400. The van der Waals surface area contributed by atoms with E-state index in [1.807, 2.05) is 20.9 Å². The fourth-order valence-corrected chi connectivity index (χ4v) is 1.23. The molecule has 1 rings (SSSR count). The highest BCUT2D eigenvalue weighted by atomic mass is 32.2. The fourth-order valence-electron chi connectivity index (χ4n) is 0.724. The third kappa shape index (κ3) is 4.42. The van der Waals surface area contributed by atoms with Crippen LogP contribution in [0.2, 0.25) is 0 Å². The summed E-state index contributed by atoms with van der Waals surface area (Å²) < 4.78 is 3.02. The van der Waals surface area contributed by atoms with Crippen LogP contribution in [0.25, 0.3) is 0 Å². The predicted octanol–water partition coefficient (Wildman–Crippen LogP) is 3.25. The van der Waals surface area contributed by atoms with Crippen LogP contribution >= 0.6 is 11.9 Å². The third-order valence-electron chi connectivity index (χ3n) is 1.24. The minimum atomic E-state index is 1.26. The molecule has 1 aromatic carbocycles. The van der Waals surface area contributed by atoms with Crippen LogP contribution < -0.4 is 4.72 Å². The van der Waals surface area contributed by atoms with E-state index < -0.39 is 0 Å². The Bertz CT molecular complexity index is 193. The second kappa shape index (κ2) is 7.19. The maximum Gasteiger partial charge on any atom is 0.0228 e. The first kappa shape index (κ1) is 11.5. The molecule has 0 saturated carbocycles. The molecule has 0 aromatic heterocycles. The van der Waals surface area contributed by atoms with Crippen molar-refractivity contribution in [3.05, 3.63) is 29.8 Å². The minimum Gasteiger partial charge on any atom is -0.263 e. The van der Waals surface area contributed by atoms with Gasteiger partial charge in [-0.25, -0.2) is 0 Å². The van der Waals surface area contributed by atoms with Crippen molar-refractivity contribution in [1.29, 1.82) is 0 Å². The molecule has 0 heterocycles. The van der Waals surface area contributed by atoms with Gasteiger partial charge in [0.2, 0.25) is 0 Å². The summed E-state index contributed by atoms with van der Waals surface area (Å²) in [6, 6.07) is 8.44. The Kier molecular flexibility index (Phi) is 6.91. The summed E-state index contributed by atoms with van der Waals surface area (Å²) in [5.74, 6) is 0. The lowest BCUT2D eigenvalue weighted by Gasteiger charge is -1.97. The normalized spacial score (nSPS) is 8.67. The highest BCUT2D eigenvalue weighted by Gasteiger charge is 1.88. The van der Waals surface area contributed by atoms with Gasteiger partial charge >= 0.3 is 0 Å². The van der Waals surface area contributed by atoms with Gasteiger partial charge in [0.25, 0.3) is 0 Å². The Hall–Kier alpha value is -0.470. The molecular formula is C10H17NS. The van der Waals surface area contributed by atoms with Crippen LogP contribution in [0, 0.1) is 6.92 Å². The summed E-state index contributed by atoms with van der Waals surface area (Å²) >= 11 is 1.63. The van der Waals surface area contributed by atoms with E-state index >= 15 is 0 Å². The number of rotatable bonds is 2. The van der Waals surface area contributed by atoms with Gasteiger partial charge in [-0.1, -0.05) is 31.5 Å². The molecule has 0 atom stereocenters. The predicted molar refractivity (Wildman–Crippen MR) is 57.4 cm³/mol. The van der Waals surface area contributed by atoms with Crippen LogP contribution in [0.3, 0.4) is 0 Å². The number of hydrogen-bond donors (Lipinski definition) is 1. The Morgan fingerprint density at radius 1 is 1.08 bits per heavy atom. The van der Waals surface area contributed by atoms with E-state index in [9.17, 15) is 0 Å². The van der Waals surface area contributed by atoms with Crippen LogP contribution in [-0.2, 0) is 0 Å². The first-order valence-corrected chi connectivity index (χ1v) is 5.05. The van der Waals surface area contributed by atoms with Crippen molar-refractivity contribution >= 4 is 11.9 Å². The first-order chi connectivity index (χ1) is 5.83. The van der Waals surface area contributed by atoms with Gasteiger partial charge in [-0.2, -0.15) is 0 Å². The Balaban J connectivity index is 0.000000561. The van der Waals surface area contributed by atoms with Gasteiger partial charge in [0.05, 0.1) is 0 Å². The van der Waals surface area contributed by atoms with Crippen molar-refractivity contribution in [2.24, 2.45) is 0 Å². The van der Waals surface area contributed by atoms with E-state index in [0.29, 0.717) is 0 Å². The van der Waals surface area contributed by atoms with Crippen LogP contribution in [-0.4, -0.2) is 7.05 Å².